The third-order valence-electron chi connectivity index (χ3n) is 5.32. The molecule has 0 spiro atoms. The van der Waals surface area contributed by atoms with Gasteiger partial charge in [-0.3, -0.25) is 4.79 Å². The highest BCUT2D eigenvalue weighted by Gasteiger charge is 2.18. The molecule has 0 atom stereocenters. The molecular formula is C24H25N3O6S. The second-order valence-corrected chi connectivity index (χ2v) is 9.21. The first-order chi connectivity index (χ1) is 16.5. The van der Waals surface area contributed by atoms with E-state index >= 15 is 0 Å². The smallest absolute Gasteiger partial charge is 0.276 e. The van der Waals surface area contributed by atoms with Gasteiger partial charge in [0.15, 0.2) is 18.1 Å². The number of nitrogens with one attached hydrogen (secondary N) is 1. The van der Waals surface area contributed by atoms with Crippen LogP contribution in [-0.2, 0) is 19.6 Å². The lowest BCUT2D eigenvalue weighted by Crippen LogP contribution is -2.43. The summed E-state index contributed by atoms with van der Waals surface area (Å²) >= 11 is 0. The summed E-state index contributed by atoms with van der Waals surface area (Å²) < 4.78 is 41.5. The van der Waals surface area contributed by atoms with Gasteiger partial charge in [-0.25, -0.2) is 4.83 Å². The number of sulfonamides is 1. The van der Waals surface area contributed by atoms with E-state index in [-0.39, 0.29) is 17.4 Å². The minimum absolute atomic E-state index is 0.116. The largest absolute Gasteiger partial charge is 0.493 e. The van der Waals surface area contributed by atoms with Crippen molar-refractivity contribution in [2.75, 3.05) is 40.0 Å². The molecule has 0 unspecified atom stereocenters. The Hall–Kier alpha value is -3.63. The van der Waals surface area contributed by atoms with Crippen molar-refractivity contribution in [1.82, 2.24) is 9.73 Å². The van der Waals surface area contributed by atoms with Crippen LogP contribution in [-0.4, -0.2) is 65.5 Å². The molecule has 1 N–H and O–H groups in total. The lowest BCUT2D eigenvalue weighted by molar-refractivity contribution is -0.137. The van der Waals surface area contributed by atoms with Gasteiger partial charge >= 0.3 is 0 Å². The van der Waals surface area contributed by atoms with Crippen LogP contribution < -0.4 is 14.3 Å². The number of carbonyl (C=O) groups is 1. The number of hydrazone groups is 1. The average molecular weight is 484 g/mol. The summed E-state index contributed by atoms with van der Waals surface area (Å²) in [5.74, 6) is 0.674. The molecule has 0 bridgehead atoms. The lowest BCUT2D eigenvalue weighted by Gasteiger charge is -2.26. The Morgan fingerprint density at radius 2 is 1.82 bits per heavy atom. The number of benzene rings is 3. The Morgan fingerprint density at radius 3 is 2.59 bits per heavy atom. The van der Waals surface area contributed by atoms with E-state index in [9.17, 15) is 13.2 Å². The molecule has 9 nitrogen and oxygen atoms in total. The molecule has 1 fully saturated rings. The summed E-state index contributed by atoms with van der Waals surface area (Å²) in [6, 6.07) is 17.4. The molecule has 1 amide bonds. The maximum atomic E-state index is 12.6. The molecule has 34 heavy (non-hydrogen) atoms. The van der Waals surface area contributed by atoms with Crippen LogP contribution >= 0.6 is 0 Å². The SMILES string of the molecule is COc1cc(/C=N/NS(=O)(=O)c2ccc3ccccc3c2)ccc1OCC(=O)N1CCOCC1. The van der Waals surface area contributed by atoms with Crippen LogP contribution in [0.15, 0.2) is 70.7 Å². The van der Waals surface area contributed by atoms with Crippen molar-refractivity contribution in [3.8, 4) is 11.5 Å². The molecule has 0 saturated carbocycles. The summed E-state index contributed by atoms with van der Waals surface area (Å²) in [5.41, 5.74) is 0.588. The first kappa shape index (κ1) is 23.5. The van der Waals surface area contributed by atoms with Crippen molar-refractivity contribution in [2.24, 2.45) is 5.10 Å². The Kier molecular flexibility index (Phi) is 7.29. The zero-order valence-electron chi connectivity index (χ0n) is 18.6. The van der Waals surface area contributed by atoms with Crippen LogP contribution in [0.5, 0.6) is 11.5 Å². The maximum Gasteiger partial charge on any atom is 0.276 e. The fourth-order valence-corrected chi connectivity index (χ4v) is 4.31. The Bertz CT molecular complexity index is 1300. The Labute approximate surface area is 198 Å². The number of methoxy groups -OCH3 is 1. The van der Waals surface area contributed by atoms with Crippen molar-refractivity contribution in [3.05, 3.63) is 66.2 Å². The summed E-state index contributed by atoms with van der Waals surface area (Å²) in [4.78, 5) is 16.3. The van der Waals surface area contributed by atoms with Crippen molar-refractivity contribution >= 4 is 32.9 Å². The van der Waals surface area contributed by atoms with Gasteiger partial charge in [-0.05, 0) is 46.7 Å². The van der Waals surface area contributed by atoms with E-state index in [1.165, 1.54) is 19.4 Å². The number of fused-ring (bicyclic) bond motifs is 1. The summed E-state index contributed by atoms with van der Waals surface area (Å²) in [6.07, 6.45) is 1.36. The highest BCUT2D eigenvalue weighted by atomic mass is 32.2. The van der Waals surface area contributed by atoms with Crippen molar-refractivity contribution in [3.63, 3.8) is 0 Å². The average Bonchev–Trinajstić information content (AvgIpc) is 2.87. The van der Waals surface area contributed by atoms with Crippen LogP contribution in [0, 0.1) is 0 Å². The topological polar surface area (TPSA) is 107 Å². The van der Waals surface area contributed by atoms with Gasteiger partial charge in [0.1, 0.15) is 0 Å². The van der Waals surface area contributed by atoms with Gasteiger partial charge in [0, 0.05) is 13.1 Å². The van der Waals surface area contributed by atoms with Gasteiger partial charge in [-0.2, -0.15) is 13.5 Å². The minimum atomic E-state index is -3.83. The van der Waals surface area contributed by atoms with Crippen LogP contribution in [0.4, 0.5) is 0 Å². The zero-order valence-corrected chi connectivity index (χ0v) is 19.5. The summed E-state index contributed by atoms with van der Waals surface area (Å²) in [6.45, 7) is 2.02. The fraction of sp³-hybridized carbons (Fsp3) is 0.250. The van der Waals surface area contributed by atoms with E-state index in [1.54, 1.807) is 35.2 Å². The molecular weight excluding hydrogens is 458 g/mol. The number of hydrogen-bond acceptors (Lipinski definition) is 7. The molecule has 1 aliphatic rings. The third-order valence-corrected chi connectivity index (χ3v) is 6.54. The summed E-state index contributed by atoms with van der Waals surface area (Å²) in [5, 5.41) is 5.65. The maximum absolute atomic E-state index is 12.6. The fourth-order valence-electron chi connectivity index (χ4n) is 3.48. The third kappa shape index (κ3) is 5.64. The number of ether oxygens (including phenoxy) is 3. The van der Waals surface area contributed by atoms with Crippen LogP contribution in [0.1, 0.15) is 5.56 Å². The Balaban J connectivity index is 1.39. The zero-order chi connectivity index (χ0) is 24.0. The van der Waals surface area contributed by atoms with E-state index in [1.807, 2.05) is 24.3 Å². The van der Waals surface area contributed by atoms with Crippen molar-refractivity contribution in [1.29, 1.82) is 0 Å². The first-order valence-corrected chi connectivity index (χ1v) is 12.1. The lowest BCUT2D eigenvalue weighted by atomic mass is 10.1. The molecule has 4 rings (SSSR count). The molecule has 1 heterocycles. The van der Waals surface area contributed by atoms with Gasteiger partial charge in [-0.15, -0.1) is 0 Å². The number of rotatable bonds is 8. The number of hydrogen-bond donors (Lipinski definition) is 1. The van der Waals surface area contributed by atoms with Crippen molar-refractivity contribution in [2.45, 2.75) is 4.90 Å². The highest BCUT2D eigenvalue weighted by Crippen LogP contribution is 2.27. The molecule has 178 valence electrons. The number of carbonyl (C=O) groups excluding carboxylic acids is 1. The number of nitrogens with zero attached hydrogens (tertiary/aromatic N) is 2. The van der Waals surface area contributed by atoms with Gasteiger partial charge < -0.3 is 19.1 Å². The molecule has 1 aliphatic heterocycles. The van der Waals surface area contributed by atoms with Crippen LogP contribution in [0.3, 0.4) is 0 Å². The standard InChI is InChI=1S/C24H25N3O6S/c1-31-23-14-18(6-9-22(23)33-17-24(28)27-10-12-32-13-11-27)16-25-26-34(29,30)21-8-7-19-4-2-3-5-20(19)15-21/h2-9,14-16,26H,10-13,17H2,1H3/b25-16+. The van der Waals surface area contributed by atoms with E-state index in [0.717, 1.165) is 10.8 Å². The van der Waals surface area contributed by atoms with Crippen LogP contribution in [0.2, 0.25) is 0 Å². The molecule has 0 aliphatic carbocycles. The van der Waals surface area contributed by atoms with E-state index in [0.29, 0.717) is 43.4 Å². The molecule has 1 saturated heterocycles. The van der Waals surface area contributed by atoms with Gasteiger partial charge in [-0.1, -0.05) is 30.3 Å². The quantitative estimate of drug-likeness (QED) is 0.390. The predicted octanol–water partition coefficient (Wildman–Crippen LogP) is 2.40. The molecule has 10 heteroatoms. The Morgan fingerprint density at radius 1 is 1.06 bits per heavy atom. The van der Waals surface area contributed by atoms with Gasteiger partial charge in [0.05, 0.1) is 31.4 Å². The first-order valence-electron chi connectivity index (χ1n) is 10.7. The molecule has 0 aromatic heterocycles. The molecule has 0 radical (unpaired) electrons. The monoisotopic (exact) mass is 483 g/mol. The van der Waals surface area contributed by atoms with E-state index < -0.39 is 10.0 Å². The van der Waals surface area contributed by atoms with E-state index in [4.69, 9.17) is 14.2 Å². The second-order valence-electron chi connectivity index (χ2n) is 7.55. The highest BCUT2D eigenvalue weighted by molar-refractivity contribution is 7.89. The molecule has 3 aromatic carbocycles. The summed E-state index contributed by atoms with van der Waals surface area (Å²) in [7, 11) is -2.35. The minimum Gasteiger partial charge on any atom is -0.493 e. The number of morpholine rings is 1. The van der Waals surface area contributed by atoms with Crippen molar-refractivity contribution < 1.29 is 27.4 Å². The predicted molar refractivity (Wildman–Crippen MR) is 128 cm³/mol. The van der Waals surface area contributed by atoms with Gasteiger partial charge in [0.2, 0.25) is 0 Å². The number of amides is 1. The second kappa shape index (κ2) is 10.5. The van der Waals surface area contributed by atoms with E-state index in [2.05, 4.69) is 9.93 Å². The van der Waals surface area contributed by atoms with Crippen LogP contribution in [0.25, 0.3) is 10.8 Å². The molecule has 3 aromatic rings. The normalized spacial score (nSPS) is 14.3. The van der Waals surface area contributed by atoms with Gasteiger partial charge in [0.25, 0.3) is 15.9 Å².